The number of allylic oxidation sites excluding steroid dienone is 1. The summed E-state index contributed by atoms with van der Waals surface area (Å²) >= 11 is 6.12. The second-order valence-corrected chi connectivity index (χ2v) is 7.86. The summed E-state index contributed by atoms with van der Waals surface area (Å²) < 4.78 is 7.81. The number of nitriles is 1. The van der Waals surface area contributed by atoms with Crippen LogP contribution in [0.2, 0.25) is 5.02 Å². The molecule has 0 bridgehead atoms. The van der Waals surface area contributed by atoms with Crippen molar-refractivity contribution in [2.75, 3.05) is 0 Å². The molecule has 6 nitrogen and oxygen atoms in total. The smallest absolute Gasteiger partial charge is 0.225 e. The highest BCUT2D eigenvalue weighted by Gasteiger charge is 2.37. The van der Waals surface area contributed by atoms with Crippen LogP contribution < -0.4 is 10.5 Å². The van der Waals surface area contributed by atoms with Gasteiger partial charge in [0.1, 0.15) is 17.3 Å². The van der Waals surface area contributed by atoms with Crippen molar-refractivity contribution >= 4 is 11.6 Å². The van der Waals surface area contributed by atoms with E-state index in [0.29, 0.717) is 23.0 Å². The summed E-state index contributed by atoms with van der Waals surface area (Å²) in [4.78, 5) is 4.13. The maximum Gasteiger partial charge on any atom is 0.225 e. The first kappa shape index (κ1) is 19.9. The van der Waals surface area contributed by atoms with Crippen LogP contribution in [0.1, 0.15) is 22.6 Å². The molecule has 1 aliphatic rings. The Balaban J connectivity index is 1.75. The van der Waals surface area contributed by atoms with Crippen molar-refractivity contribution < 1.29 is 4.74 Å². The quantitative estimate of drug-likeness (QED) is 0.490. The third-order valence-corrected chi connectivity index (χ3v) is 5.69. The fraction of sp³-hybridized carbons (Fsp3) is 0.0800. The highest BCUT2D eigenvalue weighted by molar-refractivity contribution is 6.30. The van der Waals surface area contributed by atoms with Gasteiger partial charge in [-0.25, -0.2) is 4.68 Å². The van der Waals surface area contributed by atoms with Crippen LogP contribution in [0.5, 0.6) is 5.88 Å². The molecule has 32 heavy (non-hydrogen) atoms. The molecule has 2 aromatic carbocycles. The maximum atomic E-state index is 9.95. The molecule has 0 saturated carbocycles. The van der Waals surface area contributed by atoms with Gasteiger partial charge in [-0.1, -0.05) is 54.1 Å². The highest BCUT2D eigenvalue weighted by Crippen LogP contribution is 2.47. The van der Waals surface area contributed by atoms with Gasteiger partial charge < -0.3 is 10.5 Å². The molecule has 1 atom stereocenters. The van der Waals surface area contributed by atoms with Crippen LogP contribution in [-0.2, 0) is 6.54 Å². The average molecular weight is 440 g/mol. The molecular formula is C25H18ClN5O. The molecule has 0 unspecified atom stereocenters. The molecule has 0 amide bonds. The summed E-state index contributed by atoms with van der Waals surface area (Å²) in [5.41, 5.74) is 10.9. The lowest BCUT2D eigenvalue weighted by Gasteiger charge is -2.25. The molecule has 156 valence electrons. The van der Waals surface area contributed by atoms with Crippen molar-refractivity contribution in [1.29, 1.82) is 5.26 Å². The zero-order valence-electron chi connectivity index (χ0n) is 16.9. The SMILES string of the molecule is N#CC1=C(N)Oc2c(c(-c3ccncc3)nn2Cc2ccccc2)[C@H]1c1ccc(Cl)cc1. The number of ether oxygens (including phenoxy) is 1. The highest BCUT2D eigenvalue weighted by atomic mass is 35.5. The summed E-state index contributed by atoms with van der Waals surface area (Å²) in [5, 5.41) is 15.5. The zero-order valence-corrected chi connectivity index (χ0v) is 17.7. The molecule has 2 N–H and O–H groups in total. The van der Waals surface area contributed by atoms with Crippen LogP contribution in [0.3, 0.4) is 0 Å². The van der Waals surface area contributed by atoms with E-state index in [0.717, 1.165) is 27.9 Å². The number of pyridine rings is 1. The fourth-order valence-corrected chi connectivity index (χ4v) is 4.09. The largest absolute Gasteiger partial charge is 0.422 e. The second kappa shape index (κ2) is 8.22. The van der Waals surface area contributed by atoms with E-state index in [4.69, 9.17) is 27.2 Å². The number of halogens is 1. The molecule has 1 aliphatic heterocycles. The number of fused-ring (bicyclic) bond motifs is 1. The number of hydrogen-bond donors (Lipinski definition) is 1. The summed E-state index contributed by atoms with van der Waals surface area (Å²) in [6.45, 7) is 0.497. The molecular weight excluding hydrogens is 422 g/mol. The Morgan fingerprint density at radius 1 is 1.03 bits per heavy atom. The third-order valence-electron chi connectivity index (χ3n) is 5.44. The van der Waals surface area contributed by atoms with Crippen LogP contribution >= 0.6 is 11.6 Å². The third kappa shape index (κ3) is 3.49. The Bertz CT molecular complexity index is 1340. The van der Waals surface area contributed by atoms with Gasteiger partial charge in [0.05, 0.1) is 18.0 Å². The molecule has 4 aromatic rings. The van der Waals surface area contributed by atoms with Crippen LogP contribution in [0.4, 0.5) is 0 Å². The summed E-state index contributed by atoms with van der Waals surface area (Å²) in [6, 6.07) is 23.4. The van der Waals surface area contributed by atoms with Crippen molar-refractivity contribution in [1.82, 2.24) is 14.8 Å². The van der Waals surface area contributed by atoms with Crippen molar-refractivity contribution in [2.24, 2.45) is 5.73 Å². The van der Waals surface area contributed by atoms with Gasteiger partial charge in [-0.3, -0.25) is 4.98 Å². The molecule has 2 aromatic heterocycles. The molecule has 3 heterocycles. The predicted octanol–water partition coefficient (Wildman–Crippen LogP) is 4.86. The number of rotatable bonds is 4. The topological polar surface area (TPSA) is 89.8 Å². The fourth-order valence-electron chi connectivity index (χ4n) is 3.97. The minimum absolute atomic E-state index is 0.0791. The standard InChI is InChI=1S/C25H18ClN5O/c26-19-8-6-17(7-9-19)21-20(14-27)24(28)32-25-22(21)23(18-10-12-29-13-11-18)30-31(25)15-16-4-2-1-3-5-16/h1-13,21H,15,28H2/t21-/m0/s1. The molecule has 7 heteroatoms. The van der Waals surface area contributed by atoms with E-state index in [9.17, 15) is 5.26 Å². The van der Waals surface area contributed by atoms with Gasteiger partial charge in [0.25, 0.3) is 0 Å². The Labute approximate surface area is 190 Å². The van der Waals surface area contributed by atoms with Gasteiger partial charge in [0.15, 0.2) is 0 Å². The summed E-state index contributed by atoms with van der Waals surface area (Å²) in [6.07, 6.45) is 3.43. The van der Waals surface area contributed by atoms with Gasteiger partial charge in [-0.05, 0) is 35.4 Å². The predicted molar refractivity (Wildman–Crippen MR) is 122 cm³/mol. The lowest BCUT2D eigenvalue weighted by molar-refractivity contribution is 0.352. The van der Waals surface area contributed by atoms with E-state index >= 15 is 0 Å². The first-order valence-corrected chi connectivity index (χ1v) is 10.4. The molecule has 0 saturated heterocycles. The maximum absolute atomic E-state index is 9.95. The van der Waals surface area contributed by atoms with Crippen molar-refractivity contribution in [3.63, 3.8) is 0 Å². The van der Waals surface area contributed by atoms with Gasteiger partial charge in [0, 0.05) is 23.0 Å². The van der Waals surface area contributed by atoms with E-state index in [-0.39, 0.29) is 5.88 Å². The van der Waals surface area contributed by atoms with E-state index < -0.39 is 5.92 Å². The average Bonchev–Trinajstić information content (AvgIpc) is 3.17. The second-order valence-electron chi connectivity index (χ2n) is 7.42. The van der Waals surface area contributed by atoms with Gasteiger partial charge in [-0.15, -0.1) is 0 Å². The Kier molecular flexibility index (Phi) is 5.10. The monoisotopic (exact) mass is 439 g/mol. The molecule has 0 aliphatic carbocycles. The van der Waals surface area contributed by atoms with E-state index in [1.54, 1.807) is 29.2 Å². The number of nitrogens with zero attached hydrogens (tertiary/aromatic N) is 4. The van der Waals surface area contributed by atoms with Crippen LogP contribution in [0, 0.1) is 11.3 Å². The number of hydrogen-bond acceptors (Lipinski definition) is 5. The van der Waals surface area contributed by atoms with Gasteiger partial charge in [-0.2, -0.15) is 10.4 Å². The van der Waals surface area contributed by atoms with E-state index in [2.05, 4.69) is 11.1 Å². The van der Waals surface area contributed by atoms with Crippen LogP contribution in [0.25, 0.3) is 11.3 Å². The first-order chi connectivity index (χ1) is 15.7. The minimum atomic E-state index is -0.436. The van der Waals surface area contributed by atoms with E-state index in [1.807, 2.05) is 54.6 Å². The Hall–Kier alpha value is -4.08. The van der Waals surface area contributed by atoms with Crippen molar-refractivity contribution in [3.05, 3.63) is 112 Å². The van der Waals surface area contributed by atoms with Crippen LogP contribution in [0.15, 0.2) is 90.6 Å². The van der Waals surface area contributed by atoms with Crippen molar-refractivity contribution in [3.8, 4) is 23.2 Å². The molecule has 0 radical (unpaired) electrons. The summed E-state index contributed by atoms with van der Waals surface area (Å²) in [5.74, 6) is 0.168. The normalized spacial score (nSPS) is 15.1. The molecule has 5 rings (SSSR count). The van der Waals surface area contributed by atoms with Crippen molar-refractivity contribution in [2.45, 2.75) is 12.5 Å². The first-order valence-electron chi connectivity index (χ1n) is 10.0. The number of benzene rings is 2. The number of aromatic nitrogens is 3. The minimum Gasteiger partial charge on any atom is -0.422 e. The van der Waals surface area contributed by atoms with Gasteiger partial charge >= 0.3 is 0 Å². The Morgan fingerprint density at radius 2 is 1.75 bits per heavy atom. The Morgan fingerprint density at radius 3 is 2.44 bits per heavy atom. The lowest BCUT2D eigenvalue weighted by Crippen LogP contribution is -2.22. The van der Waals surface area contributed by atoms with Gasteiger partial charge in [0.2, 0.25) is 11.8 Å². The molecule has 0 fully saturated rings. The van der Waals surface area contributed by atoms with Crippen LogP contribution in [-0.4, -0.2) is 14.8 Å². The summed E-state index contributed by atoms with van der Waals surface area (Å²) in [7, 11) is 0. The molecule has 0 spiro atoms. The zero-order chi connectivity index (χ0) is 22.1. The van der Waals surface area contributed by atoms with E-state index in [1.165, 1.54) is 0 Å². The lowest BCUT2D eigenvalue weighted by atomic mass is 9.83. The number of nitrogens with two attached hydrogens (primary N) is 1.